The van der Waals surface area contributed by atoms with Crippen LogP contribution in [0, 0.1) is 20.8 Å². The van der Waals surface area contributed by atoms with Gasteiger partial charge in [0.15, 0.2) is 0 Å². The van der Waals surface area contributed by atoms with Crippen molar-refractivity contribution < 1.29 is 4.74 Å². The molecule has 0 bridgehead atoms. The van der Waals surface area contributed by atoms with E-state index < -0.39 is 0 Å². The van der Waals surface area contributed by atoms with E-state index in [9.17, 15) is 0 Å². The van der Waals surface area contributed by atoms with Gasteiger partial charge in [-0.15, -0.1) is 0 Å². The van der Waals surface area contributed by atoms with E-state index in [1.54, 1.807) is 0 Å². The summed E-state index contributed by atoms with van der Waals surface area (Å²) in [5.74, 6) is 0. The second-order valence-electron chi connectivity index (χ2n) is 6.04. The van der Waals surface area contributed by atoms with Gasteiger partial charge < -0.3 is 10.1 Å². The minimum absolute atomic E-state index is 0.293. The molecule has 0 aromatic heterocycles. The average Bonchev–Trinajstić information content (AvgIpc) is 2.43. The second kappa shape index (κ2) is 9.22. The standard InChI is InChI=1S/C19H33NO/c1-7-10-20-18(19(8-2)21-9-3)13-17-15(5)11-14(4)12-16(17)6/h11-12,18-20H,7-10,13H2,1-6H3. The SMILES string of the molecule is CCCNC(Cc1c(C)cc(C)cc1C)C(CC)OCC. The molecule has 2 atom stereocenters. The predicted molar refractivity (Wildman–Crippen MR) is 92.1 cm³/mol. The third-order valence-electron chi connectivity index (χ3n) is 4.15. The van der Waals surface area contributed by atoms with Crippen molar-refractivity contribution in [2.24, 2.45) is 0 Å². The van der Waals surface area contributed by atoms with Crippen molar-refractivity contribution in [3.8, 4) is 0 Å². The van der Waals surface area contributed by atoms with Gasteiger partial charge in [0.2, 0.25) is 0 Å². The number of hydrogen-bond acceptors (Lipinski definition) is 2. The Labute approximate surface area is 131 Å². The number of rotatable bonds is 9. The fourth-order valence-electron chi connectivity index (χ4n) is 3.15. The molecule has 0 amide bonds. The molecule has 0 aliphatic carbocycles. The van der Waals surface area contributed by atoms with Gasteiger partial charge in [0.1, 0.15) is 0 Å². The van der Waals surface area contributed by atoms with Crippen LogP contribution in [0.2, 0.25) is 0 Å². The van der Waals surface area contributed by atoms with Crippen LogP contribution in [0.15, 0.2) is 12.1 Å². The molecule has 0 aliphatic rings. The first-order chi connectivity index (χ1) is 10.0. The monoisotopic (exact) mass is 291 g/mol. The number of ether oxygens (including phenoxy) is 1. The maximum Gasteiger partial charge on any atom is 0.0728 e. The number of hydrogen-bond donors (Lipinski definition) is 1. The normalized spacial score (nSPS) is 14.2. The van der Waals surface area contributed by atoms with Gasteiger partial charge in [-0.3, -0.25) is 0 Å². The number of benzene rings is 1. The minimum Gasteiger partial charge on any atom is -0.377 e. The molecule has 1 N–H and O–H groups in total. The van der Waals surface area contributed by atoms with E-state index in [4.69, 9.17) is 4.74 Å². The molecule has 2 unspecified atom stereocenters. The summed E-state index contributed by atoms with van der Waals surface area (Å²) in [4.78, 5) is 0. The molecule has 2 heteroatoms. The van der Waals surface area contributed by atoms with Crippen LogP contribution < -0.4 is 5.32 Å². The smallest absolute Gasteiger partial charge is 0.0728 e. The molecule has 1 aromatic carbocycles. The van der Waals surface area contributed by atoms with Crippen molar-refractivity contribution in [1.29, 1.82) is 0 Å². The molecule has 1 aromatic rings. The van der Waals surface area contributed by atoms with E-state index in [0.717, 1.165) is 32.4 Å². The van der Waals surface area contributed by atoms with Crippen LogP contribution in [-0.4, -0.2) is 25.3 Å². The topological polar surface area (TPSA) is 21.3 Å². The lowest BCUT2D eigenvalue weighted by atomic mass is 9.91. The Bertz CT molecular complexity index is 405. The number of aryl methyl sites for hydroxylation is 3. The van der Waals surface area contributed by atoms with Crippen molar-refractivity contribution >= 4 is 0 Å². The van der Waals surface area contributed by atoms with Gasteiger partial charge in [0, 0.05) is 12.6 Å². The van der Waals surface area contributed by atoms with Gasteiger partial charge in [0.05, 0.1) is 6.10 Å². The zero-order valence-electron chi connectivity index (χ0n) is 14.8. The lowest BCUT2D eigenvalue weighted by molar-refractivity contribution is 0.0319. The molecule has 0 spiro atoms. The maximum atomic E-state index is 5.96. The highest BCUT2D eigenvalue weighted by Crippen LogP contribution is 2.20. The molecule has 0 saturated carbocycles. The van der Waals surface area contributed by atoms with Gasteiger partial charge in [-0.2, -0.15) is 0 Å². The Hall–Kier alpha value is -0.860. The predicted octanol–water partition coefficient (Wildman–Crippen LogP) is 4.34. The molecule has 0 heterocycles. The second-order valence-corrected chi connectivity index (χ2v) is 6.04. The fourth-order valence-corrected chi connectivity index (χ4v) is 3.15. The molecule has 1 rings (SSSR count). The summed E-state index contributed by atoms with van der Waals surface area (Å²) in [5, 5.41) is 3.70. The van der Waals surface area contributed by atoms with Gasteiger partial charge in [0.25, 0.3) is 0 Å². The molecule has 2 nitrogen and oxygen atoms in total. The maximum absolute atomic E-state index is 5.96. The van der Waals surface area contributed by atoms with Crippen LogP contribution >= 0.6 is 0 Å². The highest BCUT2D eigenvalue weighted by Gasteiger charge is 2.21. The van der Waals surface area contributed by atoms with Crippen LogP contribution in [0.5, 0.6) is 0 Å². The van der Waals surface area contributed by atoms with Crippen LogP contribution in [0.4, 0.5) is 0 Å². The highest BCUT2D eigenvalue weighted by molar-refractivity contribution is 5.38. The molecule has 21 heavy (non-hydrogen) atoms. The molecule has 120 valence electrons. The van der Waals surface area contributed by atoms with E-state index >= 15 is 0 Å². The molecule has 0 saturated heterocycles. The van der Waals surface area contributed by atoms with E-state index in [0.29, 0.717) is 12.1 Å². The summed E-state index contributed by atoms with van der Waals surface area (Å²) in [5.41, 5.74) is 5.64. The molecule has 0 fully saturated rings. The van der Waals surface area contributed by atoms with Crippen LogP contribution in [0.1, 0.15) is 55.9 Å². The Balaban J connectivity index is 2.94. The summed E-state index contributed by atoms with van der Waals surface area (Å²) in [6.45, 7) is 15.0. The molecule has 0 aliphatic heterocycles. The highest BCUT2D eigenvalue weighted by atomic mass is 16.5. The first-order valence-electron chi connectivity index (χ1n) is 8.45. The van der Waals surface area contributed by atoms with Crippen molar-refractivity contribution in [2.45, 2.75) is 73.0 Å². The van der Waals surface area contributed by atoms with E-state index in [-0.39, 0.29) is 0 Å². The zero-order chi connectivity index (χ0) is 15.8. The van der Waals surface area contributed by atoms with Gasteiger partial charge in [-0.1, -0.05) is 31.5 Å². The third kappa shape index (κ3) is 5.44. The van der Waals surface area contributed by atoms with Crippen molar-refractivity contribution in [1.82, 2.24) is 5.32 Å². The molecule has 0 radical (unpaired) electrons. The summed E-state index contributed by atoms with van der Waals surface area (Å²) >= 11 is 0. The van der Waals surface area contributed by atoms with Gasteiger partial charge >= 0.3 is 0 Å². The quantitative estimate of drug-likeness (QED) is 0.731. The Morgan fingerprint density at radius 2 is 1.67 bits per heavy atom. The Morgan fingerprint density at radius 3 is 2.14 bits per heavy atom. The number of nitrogens with one attached hydrogen (secondary N) is 1. The summed E-state index contributed by atoms with van der Waals surface area (Å²) < 4.78 is 5.96. The van der Waals surface area contributed by atoms with Crippen LogP contribution in [-0.2, 0) is 11.2 Å². The summed E-state index contributed by atoms with van der Waals surface area (Å²) in [6.07, 6.45) is 3.56. The lowest BCUT2D eigenvalue weighted by Gasteiger charge is -2.28. The first-order valence-corrected chi connectivity index (χ1v) is 8.45. The van der Waals surface area contributed by atoms with Crippen molar-refractivity contribution in [2.75, 3.05) is 13.2 Å². The van der Waals surface area contributed by atoms with Gasteiger partial charge in [-0.05, 0) is 70.2 Å². The van der Waals surface area contributed by atoms with E-state index in [1.807, 2.05) is 0 Å². The zero-order valence-corrected chi connectivity index (χ0v) is 14.8. The Morgan fingerprint density at radius 1 is 1.05 bits per heavy atom. The molecular formula is C19H33NO. The fraction of sp³-hybridized carbons (Fsp3) is 0.684. The summed E-state index contributed by atoms with van der Waals surface area (Å²) in [6, 6.07) is 4.98. The van der Waals surface area contributed by atoms with Crippen LogP contribution in [0.3, 0.4) is 0 Å². The largest absolute Gasteiger partial charge is 0.377 e. The summed E-state index contributed by atoms with van der Waals surface area (Å²) in [7, 11) is 0. The Kier molecular flexibility index (Phi) is 7.98. The van der Waals surface area contributed by atoms with Crippen molar-refractivity contribution in [3.63, 3.8) is 0 Å². The van der Waals surface area contributed by atoms with E-state index in [1.165, 1.54) is 22.3 Å². The van der Waals surface area contributed by atoms with Crippen molar-refractivity contribution in [3.05, 3.63) is 34.4 Å². The lowest BCUT2D eigenvalue weighted by Crippen LogP contribution is -2.43. The van der Waals surface area contributed by atoms with Crippen LogP contribution in [0.25, 0.3) is 0 Å². The van der Waals surface area contributed by atoms with E-state index in [2.05, 4.69) is 59.0 Å². The van der Waals surface area contributed by atoms with Gasteiger partial charge in [-0.25, -0.2) is 0 Å². The first kappa shape index (κ1) is 18.2. The average molecular weight is 291 g/mol. The molecular weight excluding hydrogens is 258 g/mol. The minimum atomic E-state index is 0.293. The third-order valence-corrected chi connectivity index (χ3v) is 4.15.